The molecule has 0 unspecified atom stereocenters. The minimum absolute atomic E-state index is 0.743. The molecule has 0 saturated carbocycles. The summed E-state index contributed by atoms with van der Waals surface area (Å²) in [6.45, 7) is 0. The van der Waals surface area contributed by atoms with Crippen LogP contribution in [-0.2, 0) is 0 Å². The predicted molar refractivity (Wildman–Crippen MR) is 81.3 cm³/mol. The van der Waals surface area contributed by atoms with E-state index < -0.39 is 0 Å². The molecule has 86 valence electrons. The second-order valence-corrected chi connectivity index (χ2v) is 3.84. The third-order valence-corrected chi connectivity index (χ3v) is 2.59. The molecule has 18 heavy (non-hydrogen) atoms. The van der Waals surface area contributed by atoms with Crippen LogP contribution in [0.3, 0.4) is 0 Å². The first-order valence-electron chi connectivity index (χ1n) is 5.20. The molecule has 0 N–H and O–H groups in total. The van der Waals surface area contributed by atoms with Crippen molar-refractivity contribution >= 4 is 46.1 Å². The summed E-state index contributed by atoms with van der Waals surface area (Å²) in [7, 11) is 0. The van der Waals surface area contributed by atoms with Gasteiger partial charge in [0.2, 0.25) is 0 Å². The van der Waals surface area contributed by atoms with E-state index in [0.717, 1.165) is 22.5 Å². The highest BCUT2D eigenvalue weighted by Gasteiger charge is 2.05. The van der Waals surface area contributed by atoms with Crippen LogP contribution in [0.5, 0.6) is 0 Å². The number of hydrogen-bond acceptors (Lipinski definition) is 4. The van der Waals surface area contributed by atoms with Gasteiger partial charge in [-0.2, -0.15) is 9.98 Å². The minimum atomic E-state index is 0.743. The SMILES string of the molecule is S=C=Nc1ccc(N=C=S)c(-c2ccccc2)c1. The second kappa shape index (κ2) is 6.10. The maximum atomic E-state index is 4.66. The smallest absolute Gasteiger partial charge is 0.0819 e. The topological polar surface area (TPSA) is 24.7 Å². The van der Waals surface area contributed by atoms with Crippen molar-refractivity contribution in [3.8, 4) is 11.1 Å². The maximum absolute atomic E-state index is 4.66. The van der Waals surface area contributed by atoms with Crippen molar-refractivity contribution in [3.63, 3.8) is 0 Å². The van der Waals surface area contributed by atoms with Crippen LogP contribution >= 0.6 is 24.4 Å². The largest absolute Gasteiger partial charge is 0.195 e. The monoisotopic (exact) mass is 268 g/mol. The van der Waals surface area contributed by atoms with E-state index in [0.29, 0.717) is 0 Å². The van der Waals surface area contributed by atoms with Gasteiger partial charge < -0.3 is 0 Å². The van der Waals surface area contributed by atoms with Crippen molar-refractivity contribution in [2.45, 2.75) is 0 Å². The zero-order valence-corrected chi connectivity index (χ0v) is 11.0. The molecule has 0 aliphatic carbocycles. The number of benzene rings is 2. The fourth-order valence-electron chi connectivity index (χ4n) is 1.64. The first kappa shape index (κ1) is 12.5. The average Bonchev–Trinajstić information content (AvgIpc) is 2.42. The Bertz CT molecular complexity index is 653. The van der Waals surface area contributed by atoms with Crippen molar-refractivity contribution in [2.75, 3.05) is 0 Å². The lowest BCUT2D eigenvalue weighted by Gasteiger charge is -2.05. The third-order valence-electron chi connectivity index (χ3n) is 2.41. The fraction of sp³-hybridized carbons (Fsp3) is 0. The Morgan fingerprint density at radius 3 is 2.22 bits per heavy atom. The molecule has 0 bridgehead atoms. The summed E-state index contributed by atoms with van der Waals surface area (Å²) in [4.78, 5) is 8.03. The summed E-state index contributed by atoms with van der Waals surface area (Å²) >= 11 is 9.27. The average molecular weight is 268 g/mol. The zero-order valence-electron chi connectivity index (χ0n) is 9.33. The first-order chi connectivity index (χ1) is 8.85. The lowest BCUT2D eigenvalue weighted by atomic mass is 10.0. The van der Waals surface area contributed by atoms with Gasteiger partial charge in [0.05, 0.1) is 21.7 Å². The van der Waals surface area contributed by atoms with Crippen molar-refractivity contribution in [1.29, 1.82) is 0 Å². The van der Waals surface area contributed by atoms with Gasteiger partial charge in [0.15, 0.2) is 0 Å². The van der Waals surface area contributed by atoms with Gasteiger partial charge in [0, 0.05) is 5.56 Å². The summed E-state index contributed by atoms with van der Waals surface area (Å²) < 4.78 is 0. The summed E-state index contributed by atoms with van der Waals surface area (Å²) in [6, 6.07) is 15.5. The van der Waals surface area contributed by atoms with Crippen molar-refractivity contribution in [3.05, 3.63) is 48.5 Å². The molecule has 0 aliphatic rings. The minimum Gasteiger partial charge on any atom is -0.195 e. The molecule has 2 nitrogen and oxygen atoms in total. The second-order valence-electron chi connectivity index (χ2n) is 3.47. The number of isothiocyanates is 2. The van der Waals surface area contributed by atoms with Crippen molar-refractivity contribution in [1.82, 2.24) is 0 Å². The normalized spacial score (nSPS) is 9.11. The molecule has 2 aromatic rings. The molecule has 0 spiro atoms. The van der Waals surface area contributed by atoms with Gasteiger partial charge in [-0.05, 0) is 48.2 Å². The van der Waals surface area contributed by atoms with Crippen LogP contribution in [0, 0.1) is 0 Å². The van der Waals surface area contributed by atoms with Crippen LogP contribution in [0.1, 0.15) is 0 Å². The van der Waals surface area contributed by atoms with Crippen LogP contribution in [0.15, 0.2) is 58.5 Å². The summed E-state index contributed by atoms with van der Waals surface area (Å²) in [5, 5.41) is 4.74. The van der Waals surface area contributed by atoms with Gasteiger partial charge in [0.1, 0.15) is 0 Å². The Hall–Kier alpha value is -1.96. The molecule has 4 heteroatoms. The number of hydrogen-bond donors (Lipinski definition) is 0. The molecule has 0 amide bonds. The molecular formula is C14H8N2S2. The van der Waals surface area contributed by atoms with Crippen molar-refractivity contribution in [2.24, 2.45) is 9.98 Å². The lowest BCUT2D eigenvalue weighted by Crippen LogP contribution is -1.78. The molecule has 0 atom stereocenters. The van der Waals surface area contributed by atoms with E-state index in [2.05, 4.69) is 44.7 Å². The van der Waals surface area contributed by atoms with E-state index >= 15 is 0 Å². The Kier molecular flexibility index (Phi) is 4.24. The summed E-state index contributed by atoms with van der Waals surface area (Å²) in [5.74, 6) is 0. The van der Waals surface area contributed by atoms with Gasteiger partial charge in [-0.1, -0.05) is 30.3 Å². The number of aliphatic imine (C=N–C) groups is 2. The molecule has 0 aliphatic heterocycles. The standard InChI is InChI=1S/C14H8N2S2/c17-9-15-12-6-7-14(16-10-18)13(8-12)11-4-2-1-3-5-11/h1-8H. The fourth-order valence-corrected chi connectivity index (χ4v) is 1.85. The van der Waals surface area contributed by atoms with E-state index in [9.17, 15) is 0 Å². The predicted octanol–water partition coefficient (Wildman–Crippen LogP) is 4.82. The number of nitrogens with zero attached hydrogens (tertiary/aromatic N) is 2. The van der Waals surface area contributed by atoms with Crippen LogP contribution < -0.4 is 0 Å². The summed E-state index contributed by atoms with van der Waals surface area (Å²) in [5.41, 5.74) is 3.49. The third kappa shape index (κ3) is 2.83. The van der Waals surface area contributed by atoms with Crippen molar-refractivity contribution < 1.29 is 0 Å². The molecule has 2 rings (SSSR count). The molecule has 0 heterocycles. The Balaban J connectivity index is 2.64. The van der Waals surface area contributed by atoms with Gasteiger partial charge in [-0.25, -0.2) is 0 Å². The molecular weight excluding hydrogens is 260 g/mol. The molecule has 0 saturated heterocycles. The van der Waals surface area contributed by atoms with Gasteiger partial charge in [0.25, 0.3) is 0 Å². The Labute approximate surface area is 116 Å². The highest BCUT2D eigenvalue weighted by molar-refractivity contribution is 7.78. The van der Waals surface area contributed by atoms with Crippen LogP contribution in [0.25, 0.3) is 11.1 Å². The van der Waals surface area contributed by atoms with E-state index in [1.54, 1.807) is 0 Å². The molecule has 0 fully saturated rings. The first-order valence-corrected chi connectivity index (χ1v) is 6.02. The molecule has 0 aromatic heterocycles. The van der Waals surface area contributed by atoms with E-state index in [4.69, 9.17) is 0 Å². The maximum Gasteiger partial charge on any atom is 0.0819 e. The highest BCUT2D eigenvalue weighted by Crippen LogP contribution is 2.33. The molecule has 2 aromatic carbocycles. The van der Waals surface area contributed by atoms with E-state index in [1.165, 1.54) is 0 Å². The number of thiocarbonyl (C=S) groups is 2. The highest BCUT2D eigenvalue weighted by atomic mass is 32.1. The Morgan fingerprint density at radius 1 is 0.833 bits per heavy atom. The summed E-state index contributed by atoms with van der Waals surface area (Å²) in [6.07, 6.45) is 0. The Morgan fingerprint density at radius 2 is 1.56 bits per heavy atom. The lowest BCUT2D eigenvalue weighted by molar-refractivity contribution is 1.49. The van der Waals surface area contributed by atoms with Gasteiger partial charge in [-0.3, -0.25) is 0 Å². The van der Waals surface area contributed by atoms with E-state index in [-0.39, 0.29) is 0 Å². The van der Waals surface area contributed by atoms with Crippen LogP contribution in [0.4, 0.5) is 11.4 Å². The molecule has 0 radical (unpaired) electrons. The van der Waals surface area contributed by atoms with Crippen LogP contribution in [0.2, 0.25) is 0 Å². The van der Waals surface area contributed by atoms with Gasteiger partial charge in [-0.15, -0.1) is 0 Å². The quantitative estimate of drug-likeness (QED) is 0.588. The zero-order chi connectivity index (χ0) is 12.8. The van der Waals surface area contributed by atoms with E-state index in [1.807, 2.05) is 48.5 Å². The van der Waals surface area contributed by atoms with Gasteiger partial charge >= 0.3 is 0 Å². The number of rotatable bonds is 3. The van der Waals surface area contributed by atoms with Crippen LogP contribution in [-0.4, -0.2) is 10.3 Å².